The second kappa shape index (κ2) is 19.3. The Morgan fingerprint density at radius 2 is 1.14 bits per heavy atom. The topological polar surface area (TPSA) is 134 Å². The second-order valence-corrected chi connectivity index (χ2v) is 10.4. The summed E-state index contributed by atoms with van der Waals surface area (Å²) in [6.45, 7) is 1.96. The SMILES string of the molecule is CCCCCCCCCCC(OC(c1ccccc1)(c1ccc(OC)cc1)c1ccc(OC)cc1)C(N)=O.NCC(=O)O. The Hall–Kier alpha value is -3.88. The van der Waals surface area contributed by atoms with Crippen molar-refractivity contribution in [2.24, 2.45) is 11.5 Å². The van der Waals surface area contributed by atoms with E-state index in [0.717, 1.165) is 47.5 Å². The van der Waals surface area contributed by atoms with Crippen molar-refractivity contribution in [2.45, 2.75) is 76.4 Å². The van der Waals surface area contributed by atoms with Crippen LogP contribution in [0.25, 0.3) is 0 Å². The first-order chi connectivity index (χ1) is 20.8. The molecule has 43 heavy (non-hydrogen) atoms. The van der Waals surface area contributed by atoms with E-state index < -0.39 is 23.6 Å². The van der Waals surface area contributed by atoms with E-state index in [-0.39, 0.29) is 6.54 Å². The standard InChI is InChI=1S/C33H43NO4.C2H5NO2/c1-4-5-6-7-8-9-10-14-17-31(32(34)35)38-33(26-15-12-11-13-16-26,27-18-22-29(36-2)23-19-27)28-20-24-30(37-3)25-21-28;3-1-2(4)5/h11-13,15-16,18-25,31H,4-10,14,17H2,1-3H3,(H2,34,35);1,3H2,(H,4,5). The van der Waals surface area contributed by atoms with Gasteiger partial charge in [-0.3, -0.25) is 9.59 Å². The van der Waals surface area contributed by atoms with Crippen molar-refractivity contribution in [1.82, 2.24) is 0 Å². The van der Waals surface area contributed by atoms with Crippen LogP contribution in [0.1, 0.15) is 81.4 Å². The van der Waals surface area contributed by atoms with Crippen LogP contribution in [0.5, 0.6) is 11.5 Å². The maximum atomic E-state index is 12.8. The Morgan fingerprint density at radius 1 is 0.721 bits per heavy atom. The lowest BCUT2D eigenvalue weighted by Gasteiger charge is -2.38. The molecule has 0 saturated carbocycles. The minimum atomic E-state index is -1.06. The number of carbonyl (C=O) groups is 2. The largest absolute Gasteiger partial charge is 0.497 e. The molecule has 0 heterocycles. The predicted octanol–water partition coefficient (Wildman–Crippen LogP) is 6.43. The van der Waals surface area contributed by atoms with Crippen LogP contribution in [0.4, 0.5) is 0 Å². The Bertz CT molecular complexity index is 1150. The van der Waals surface area contributed by atoms with Crippen LogP contribution in [0.3, 0.4) is 0 Å². The van der Waals surface area contributed by atoms with E-state index in [9.17, 15) is 9.59 Å². The molecular formula is C35H48N2O6. The van der Waals surface area contributed by atoms with Crippen LogP contribution in [0.2, 0.25) is 0 Å². The Kier molecular flexibility index (Phi) is 15.9. The van der Waals surface area contributed by atoms with E-state index in [1.807, 2.05) is 78.9 Å². The highest BCUT2D eigenvalue weighted by Gasteiger charge is 2.41. The van der Waals surface area contributed by atoms with Crippen molar-refractivity contribution in [3.05, 3.63) is 95.6 Å². The van der Waals surface area contributed by atoms with E-state index in [2.05, 4.69) is 12.7 Å². The molecule has 0 bridgehead atoms. The lowest BCUT2D eigenvalue weighted by Crippen LogP contribution is -2.42. The molecule has 0 saturated heterocycles. The van der Waals surface area contributed by atoms with Crippen LogP contribution >= 0.6 is 0 Å². The molecule has 0 fully saturated rings. The molecule has 1 atom stereocenters. The summed E-state index contributed by atoms with van der Waals surface area (Å²) in [4.78, 5) is 22.0. The van der Waals surface area contributed by atoms with Gasteiger partial charge in [0.05, 0.1) is 20.8 Å². The lowest BCUT2D eigenvalue weighted by molar-refractivity contribution is -0.138. The molecule has 1 amide bonds. The monoisotopic (exact) mass is 592 g/mol. The zero-order valence-corrected chi connectivity index (χ0v) is 25.8. The number of ether oxygens (including phenoxy) is 3. The number of amides is 1. The third-order valence-corrected chi connectivity index (χ3v) is 7.30. The van der Waals surface area contributed by atoms with Gasteiger partial charge in [-0.1, -0.05) is 113 Å². The first kappa shape index (κ1) is 35.3. The molecule has 5 N–H and O–H groups in total. The van der Waals surface area contributed by atoms with Crippen LogP contribution in [0.15, 0.2) is 78.9 Å². The molecule has 3 aromatic carbocycles. The quantitative estimate of drug-likeness (QED) is 0.114. The number of primary amides is 1. The fraction of sp³-hybridized carbons (Fsp3) is 0.429. The van der Waals surface area contributed by atoms with Crippen molar-refractivity contribution >= 4 is 11.9 Å². The van der Waals surface area contributed by atoms with Gasteiger partial charge in [-0.2, -0.15) is 0 Å². The second-order valence-electron chi connectivity index (χ2n) is 10.4. The van der Waals surface area contributed by atoms with Gasteiger partial charge in [-0.15, -0.1) is 0 Å². The summed E-state index contributed by atoms with van der Waals surface area (Å²) in [6.07, 6.45) is 9.29. The van der Waals surface area contributed by atoms with Gasteiger partial charge in [0.2, 0.25) is 5.91 Å². The molecule has 1 unspecified atom stereocenters. The van der Waals surface area contributed by atoms with Gasteiger partial charge in [0, 0.05) is 0 Å². The van der Waals surface area contributed by atoms with Gasteiger partial charge in [-0.25, -0.2) is 0 Å². The number of rotatable bonds is 18. The first-order valence-corrected chi connectivity index (χ1v) is 15.1. The van der Waals surface area contributed by atoms with Crippen LogP contribution in [-0.2, 0) is 19.9 Å². The Morgan fingerprint density at radius 3 is 1.53 bits per heavy atom. The smallest absolute Gasteiger partial charge is 0.317 e. The molecule has 8 nitrogen and oxygen atoms in total. The molecule has 0 spiro atoms. The molecule has 0 aromatic heterocycles. The lowest BCUT2D eigenvalue weighted by atomic mass is 9.79. The number of methoxy groups -OCH3 is 2. The van der Waals surface area contributed by atoms with Crippen molar-refractivity contribution < 1.29 is 28.9 Å². The number of aliphatic carboxylic acids is 1. The minimum absolute atomic E-state index is 0.278. The van der Waals surface area contributed by atoms with E-state index in [1.54, 1.807) is 14.2 Å². The third-order valence-electron chi connectivity index (χ3n) is 7.30. The maximum Gasteiger partial charge on any atom is 0.317 e. The van der Waals surface area contributed by atoms with E-state index >= 15 is 0 Å². The summed E-state index contributed by atoms with van der Waals surface area (Å²) in [5.41, 5.74) is 12.2. The van der Waals surface area contributed by atoms with Crippen LogP contribution in [0, 0.1) is 0 Å². The summed E-state index contributed by atoms with van der Waals surface area (Å²) in [6, 6.07) is 25.6. The van der Waals surface area contributed by atoms with E-state index in [1.165, 1.54) is 32.1 Å². The number of nitrogens with two attached hydrogens (primary N) is 2. The molecule has 3 aromatic rings. The van der Waals surface area contributed by atoms with Gasteiger partial charge in [0.1, 0.15) is 23.2 Å². The molecule has 8 heteroatoms. The van der Waals surface area contributed by atoms with Crippen LogP contribution in [-0.4, -0.2) is 43.9 Å². The van der Waals surface area contributed by atoms with E-state index in [4.69, 9.17) is 25.1 Å². The number of hydrogen-bond acceptors (Lipinski definition) is 6. The molecular weight excluding hydrogens is 544 g/mol. The van der Waals surface area contributed by atoms with Gasteiger partial charge < -0.3 is 30.8 Å². The number of carboxylic acids is 1. The molecule has 3 rings (SSSR count). The van der Waals surface area contributed by atoms with Crippen molar-refractivity contribution in [3.8, 4) is 11.5 Å². The molecule has 234 valence electrons. The van der Waals surface area contributed by atoms with Crippen molar-refractivity contribution in [2.75, 3.05) is 20.8 Å². The zero-order valence-electron chi connectivity index (χ0n) is 25.8. The highest BCUT2D eigenvalue weighted by molar-refractivity contribution is 5.79. The van der Waals surface area contributed by atoms with Crippen LogP contribution < -0.4 is 20.9 Å². The van der Waals surface area contributed by atoms with Crippen molar-refractivity contribution in [1.29, 1.82) is 0 Å². The first-order valence-electron chi connectivity index (χ1n) is 15.1. The molecule has 0 aliphatic heterocycles. The fourth-order valence-corrected chi connectivity index (χ4v) is 4.96. The average molecular weight is 593 g/mol. The highest BCUT2D eigenvalue weighted by Crippen LogP contribution is 2.43. The molecule has 0 radical (unpaired) electrons. The fourth-order valence-electron chi connectivity index (χ4n) is 4.96. The minimum Gasteiger partial charge on any atom is -0.497 e. The summed E-state index contributed by atoms with van der Waals surface area (Å²) < 4.78 is 17.7. The summed E-state index contributed by atoms with van der Waals surface area (Å²) >= 11 is 0. The van der Waals surface area contributed by atoms with Gasteiger partial charge in [0.25, 0.3) is 0 Å². The van der Waals surface area contributed by atoms with Gasteiger partial charge in [0.15, 0.2) is 0 Å². The number of hydrogen-bond donors (Lipinski definition) is 3. The predicted molar refractivity (Wildman–Crippen MR) is 170 cm³/mol. The summed E-state index contributed by atoms with van der Waals surface area (Å²) in [5.74, 6) is 0.0759. The summed E-state index contributed by atoms with van der Waals surface area (Å²) in [5, 5.41) is 7.60. The Labute approximate surface area is 256 Å². The number of carboxylic acid groups (broad SMARTS) is 1. The third kappa shape index (κ3) is 11.0. The zero-order chi connectivity index (χ0) is 31.5. The summed E-state index contributed by atoms with van der Waals surface area (Å²) in [7, 11) is 3.29. The molecule has 0 aliphatic rings. The highest BCUT2D eigenvalue weighted by atomic mass is 16.5. The van der Waals surface area contributed by atoms with E-state index in [0.29, 0.717) is 6.42 Å². The van der Waals surface area contributed by atoms with Gasteiger partial charge in [-0.05, 0) is 47.4 Å². The average Bonchev–Trinajstić information content (AvgIpc) is 3.04. The molecule has 0 aliphatic carbocycles. The number of carbonyl (C=O) groups excluding carboxylic acids is 1. The number of unbranched alkanes of at least 4 members (excludes halogenated alkanes) is 7. The maximum absolute atomic E-state index is 12.8. The normalized spacial score (nSPS) is 11.6. The van der Waals surface area contributed by atoms with Gasteiger partial charge >= 0.3 is 5.97 Å². The number of benzene rings is 3. The Balaban J connectivity index is 0.00000119. The van der Waals surface area contributed by atoms with Crippen molar-refractivity contribution in [3.63, 3.8) is 0 Å².